The zero-order chi connectivity index (χ0) is 8.10. The average Bonchev–Trinajstić information content (AvgIpc) is 2.07. The van der Waals surface area contributed by atoms with Crippen molar-refractivity contribution >= 4 is 0 Å². The molecule has 1 aromatic carbocycles. The SMILES string of the molecule is COc1ccc(CC[O])cc1. The highest BCUT2D eigenvalue weighted by molar-refractivity contribution is 5.27. The summed E-state index contributed by atoms with van der Waals surface area (Å²) in [6, 6.07) is 7.56. The Hall–Kier alpha value is -1.02. The summed E-state index contributed by atoms with van der Waals surface area (Å²) in [4.78, 5) is 0. The van der Waals surface area contributed by atoms with Crippen molar-refractivity contribution in [3.05, 3.63) is 29.8 Å². The molecule has 2 heteroatoms. The number of hydrogen-bond acceptors (Lipinski definition) is 1. The van der Waals surface area contributed by atoms with E-state index in [9.17, 15) is 5.11 Å². The van der Waals surface area contributed by atoms with Crippen LogP contribution in [-0.4, -0.2) is 13.7 Å². The van der Waals surface area contributed by atoms with Crippen molar-refractivity contribution in [2.45, 2.75) is 6.42 Å². The third kappa shape index (κ3) is 2.24. The number of hydrogen-bond donors (Lipinski definition) is 0. The van der Waals surface area contributed by atoms with E-state index in [1.54, 1.807) is 7.11 Å². The molecule has 0 N–H and O–H groups in total. The number of rotatable bonds is 3. The van der Waals surface area contributed by atoms with Gasteiger partial charge in [0, 0.05) is 0 Å². The van der Waals surface area contributed by atoms with Crippen LogP contribution in [0.25, 0.3) is 0 Å². The molecular formula is C9H11O2. The average molecular weight is 151 g/mol. The first-order valence-electron chi connectivity index (χ1n) is 3.58. The normalized spacial score (nSPS) is 9.64. The summed E-state index contributed by atoms with van der Waals surface area (Å²) in [6.07, 6.45) is 0.601. The minimum absolute atomic E-state index is 0.0493. The Morgan fingerprint density at radius 1 is 1.27 bits per heavy atom. The standard InChI is InChI=1S/C9H11O2/c1-11-9-4-2-8(3-5-9)6-7-10/h2-5H,6-7H2,1H3. The molecule has 0 spiro atoms. The van der Waals surface area contributed by atoms with Gasteiger partial charge in [0.25, 0.3) is 0 Å². The predicted octanol–water partition coefficient (Wildman–Crippen LogP) is 1.67. The van der Waals surface area contributed by atoms with E-state index >= 15 is 0 Å². The molecule has 11 heavy (non-hydrogen) atoms. The monoisotopic (exact) mass is 151 g/mol. The van der Waals surface area contributed by atoms with E-state index in [4.69, 9.17) is 4.74 Å². The fourth-order valence-corrected chi connectivity index (χ4v) is 0.910. The molecule has 0 bridgehead atoms. The molecule has 0 unspecified atom stereocenters. The molecule has 59 valence electrons. The van der Waals surface area contributed by atoms with Gasteiger partial charge in [0.1, 0.15) is 5.75 Å². The van der Waals surface area contributed by atoms with Gasteiger partial charge < -0.3 is 4.74 Å². The summed E-state index contributed by atoms with van der Waals surface area (Å²) in [7, 11) is 1.63. The second-order valence-corrected chi connectivity index (χ2v) is 2.30. The van der Waals surface area contributed by atoms with Crippen LogP contribution in [0.15, 0.2) is 24.3 Å². The molecule has 0 saturated carbocycles. The zero-order valence-corrected chi connectivity index (χ0v) is 6.54. The van der Waals surface area contributed by atoms with E-state index in [1.807, 2.05) is 24.3 Å². The van der Waals surface area contributed by atoms with E-state index in [2.05, 4.69) is 0 Å². The molecule has 0 aliphatic rings. The molecule has 0 saturated heterocycles. The highest BCUT2D eigenvalue weighted by Gasteiger charge is 1.92. The van der Waals surface area contributed by atoms with Gasteiger partial charge >= 0.3 is 0 Å². The van der Waals surface area contributed by atoms with Gasteiger partial charge in [0.2, 0.25) is 0 Å². The molecule has 0 heterocycles. The summed E-state index contributed by atoms with van der Waals surface area (Å²) in [5.41, 5.74) is 1.07. The number of benzene rings is 1. The van der Waals surface area contributed by atoms with E-state index in [-0.39, 0.29) is 6.61 Å². The Morgan fingerprint density at radius 2 is 1.91 bits per heavy atom. The van der Waals surface area contributed by atoms with E-state index in [1.165, 1.54) is 0 Å². The second kappa shape index (κ2) is 3.98. The summed E-state index contributed by atoms with van der Waals surface area (Å²) in [5, 5.41) is 10.2. The summed E-state index contributed by atoms with van der Waals surface area (Å²) in [5.74, 6) is 0.833. The molecule has 1 rings (SSSR count). The van der Waals surface area contributed by atoms with Crippen molar-refractivity contribution < 1.29 is 9.84 Å². The number of methoxy groups -OCH3 is 1. The Balaban J connectivity index is 2.66. The van der Waals surface area contributed by atoms with Crippen LogP contribution in [0.5, 0.6) is 5.75 Å². The maximum atomic E-state index is 10.2. The summed E-state index contributed by atoms with van der Waals surface area (Å²) in [6.45, 7) is -0.0493. The molecular weight excluding hydrogens is 140 g/mol. The highest BCUT2D eigenvalue weighted by atomic mass is 16.5. The molecule has 0 aromatic heterocycles. The Kier molecular flexibility index (Phi) is 2.93. The second-order valence-electron chi connectivity index (χ2n) is 2.30. The molecule has 0 fully saturated rings. The van der Waals surface area contributed by atoms with Crippen LogP contribution < -0.4 is 4.74 Å². The van der Waals surface area contributed by atoms with Crippen LogP contribution in [0.1, 0.15) is 5.56 Å². The van der Waals surface area contributed by atoms with Crippen LogP contribution in [0.3, 0.4) is 0 Å². The lowest BCUT2D eigenvalue weighted by atomic mass is 10.1. The van der Waals surface area contributed by atoms with Crippen molar-refractivity contribution in [3.63, 3.8) is 0 Å². The van der Waals surface area contributed by atoms with Gasteiger partial charge in [-0.1, -0.05) is 12.1 Å². The molecule has 0 aliphatic heterocycles. The molecule has 0 amide bonds. The zero-order valence-electron chi connectivity index (χ0n) is 6.54. The van der Waals surface area contributed by atoms with Crippen molar-refractivity contribution in [2.75, 3.05) is 13.7 Å². The van der Waals surface area contributed by atoms with Crippen LogP contribution in [0.4, 0.5) is 0 Å². The van der Waals surface area contributed by atoms with Gasteiger partial charge in [0.05, 0.1) is 13.7 Å². The minimum atomic E-state index is -0.0493. The lowest BCUT2D eigenvalue weighted by Gasteiger charge is -2.00. The van der Waals surface area contributed by atoms with E-state index in [0.29, 0.717) is 6.42 Å². The first-order chi connectivity index (χ1) is 5.36. The third-order valence-electron chi connectivity index (χ3n) is 1.55. The Labute approximate surface area is 66.4 Å². The van der Waals surface area contributed by atoms with Crippen molar-refractivity contribution in [2.24, 2.45) is 0 Å². The van der Waals surface area contributed by atoms with Crippen molar-refractivity contribution in [3.8, 4) is 5.75 Å². The van der Waals surface area contributed by atoms with Gasteiger partial charge in [-0.2, -0.15) is 0 Å². The first kappa shape index (κ1) is 8.08. The maximum Gasteiger partial charge on any atom is 0.118 e. The molecule has 1 aromatic rings. The fraction of sp³-hybridized carbons (Fsp3) is 0.333. The van der Waals surface area contributed by atoms with Crippen LogP contribution in [0.2, 0.25) is 0 Å². The van der Waals surface area contributed by atoms with E-state index < -0.39 is 0 Å². The molecule has 0 aliphatic carbocycles. The van der Waals surface area contributed by atoms with Crippen molar-refractivity contribution in [1.29, 1.82) is 0 Å². The summed E-state index contributed by atoms with van der Waals surface area (Å²) < 4.78 is 4.97. The smallest absolute Gasteiger partial charge is 0.118 e. The molecule has 2 nitrogen and oxygen atoms in total. The third-order valence-corrected chi connectivity index (χ3v) is 1.55. The van der Waals surface area contributed by atoms with Crippen LogP contribution >= 0.6 is 0 Å². The van der Waals surface area contributed by atoms with Crippen molar-refractivity contribution in [1.82, 2.24) is 0 Å². The topological polar surface area (TPSA) is 29.1 Å². The molecule has 1 radical (unpaired) electrons. The van der Waals surface area contributed by atoms with Gasteiger partial charge in [-0.15, -0.1) is 0 Å². The highest BCUT2D eigenvalue weighted by Crippen LogP contribution is 2.11. The molecule has 0 atom stereocenters. The Bertz CT molecular complexity index is 203. The fourth-order valence-electron chi connectivity index (χ4n) is 0.910. The van der Waals surface area contributed by atoms with Crippen LogP contribution in [-0.2, 0) is 11.5 Å². The predicted molar refractivity (Wildman–Crippen MR) is 42.3 cm³/mol. The number of ether oxygens (including phenoxy) is 1. The minimum Gasteiger partial charge on any atom is -0.497 e. The van der Waals surface area contributed by atoms with Gasteiger partial charge in [0.15, 0.2) is 0 Å². The van der Waals surface area contributed by atoms with Gasteiger partial charge in [-0.05, 0) is 24.1 Å². The largest absolute Gasteiger partial charge is 0.497 e. The lowest BCUT2D eigenvalue weighted by Crippen LogP contribution is -1.89. The summed E-state index contributed by atoms with van der Waals surface area (Å²) >= 11 is 0. The van der Waals surface area contributed by atoms with Gasteiger partial charge in [-0.25, -0.2) is 5.11 Å². The maximum absolute atomic E-state index is 10.2. The van der Waals surface area contributed by atoms with Gasteiger partial charge in [-0.3, -0.25) is 0 Å². The quantitative estimate of drug-likeness (QED) is 0.646. The van der Waals surface area contributed by atoms with E-state index in [0.717, 1.165) is 11.3 Å². The lowest BCUT2D eigenvalue weighted by molar-refractivity contribution is 0.197. The Morgan fingerprint density at radius 3 is 2.36 bits per heavy atom. The first-order valence-corrected chi connectivity index (χ1v) is 3.58. The van der Waals surface area contributed by atoms with Crippen LogP contribution in [0, 0.1) is 0 Å².